The lowest BCUT2D eigenvalue weighted by Crippen LogP contribution is -2.41. The Hall–Kier alpha value is -0.790. The summed E-state index contributed by atoms with van der Waals surface area (Å²) in [6, 6.07) is 3.15. The largest absolute Gasteiger partial charge is 0.344 e. The van der Waals surface area contributed by atoms with Crippen molar-refractivity contribution < 1.29 is 14.4 Å². The number of carbonyl (C=O) groups is 3. The summed E-state index contributed by atoms with van der Waals surface area (Å²) in [6.45, 7) is 1.68. The highest BCUT2D eigenvalue weighted by molar-refractivity contribution is 8.15. The summed E-state index contributed by atoms with van der Waals surface area (Å²) in [5.41, 5.74) is 0. The normalized spacial score (nSPS) is 20.3. The van der Waals surface area contributed by atoms with Crippen molar-refractivity contribution in [2.45, 2.75) is 24.6 Å². The maximum Gasteiger partial charge on any atom is 0.233 e. The highest BCUT2D eigenvalue weighted by Gasteiger charge is 2.29. The molecular weight excluding hydrogens is 302 g/mol. The summed E-state index contributed by atoms with van der Waals surface area (Å²) < 4.78 is 0. The van der Waals surface area contributed by atoms with E-state index >= 15 is 0 Å². The molecule has 102 valence electrons. The predicted octanol–water partition coefficient (Wildman–Crippen LogP) is 2.16. The number of nitrogens with one attached hydrogen (secondary N) is 1. The molecule has 2 heterocycles. The number of thioether (sulfide) groups is 2. The van der Waals surface area contributed by atoms with Gasteiger partial charge in [0.2, 0.25) is 16.1 Å². The van der Waals surface area contributed by atoms with Crippen molar-refractivity contribution in [2.24, 2.45) is 0 Å². The van der Waals surface area contributed by atoms with E-state index < -0.39 is 11.3 Å². The third-order valence-electron chi connectivity index (χ3n) is 2.63. The fourth-order valence-corrected chi connectivity index (χ4v) is 4.04. The van der Waals surface area contributed by atoms with E-state index in [0.29, 0.717) is 11.3 Å². The molecule has 1 fully saturated rings. The van der Waals surface area contributed by atoms with E-state index in [1.54, 1.807) is 19.1 Å². The molecule has 1 saturated heterocycles. The average Bonchev–Trinajstić information content (AvgIpc) is 3.01. The van der Waals surface area contributed by atoms with Gasteiger partial charge in [-0.25, -0.2) is 0 Å². The Morgan fingerprint density at radius 3 is 2.89 bits per heavy atom. The molecule has 1 amide bonds. The summed E-state index contributed by atoms with van der Waals surface area (Å²) in [7, 11) is 0. The van der Waals surface area contributed by atoms with Gasteiger partial charge in [-0.1, -0.05) is 29.6 Å². The SMILES string of the molecule is C[C@H](SC(=O)c1cccs1)C(=O)N[C@@H]1CCSC1=O. The first-order valence-corrected chi connectivity index (χ1v) is 8.54. The topological polar surface area (TPSA) is 63.2 Å². The van der Waals surface area contributed by atoms with Crippen molar-refractivity contribution in [1.29, 1.82) is 0 Å². The maximum absolute atomic E-state index is 11.9. The van der Waals surface area contributed by atoms with Gasteiger partial charge in [0.15, 0.2) is 0 Å². The van der Waals surface area contributed by atoms with Gasteiger partial charge in [0, 0.05) is 5.75 Å². The van der Waals surface area contributed by atoms with Crippen LogP contribution in [0, 0.1) is 0 Å². The van der Waals surface area contributed by atoms with Gasteiger partial charge < -0.3 is 5.32 Å². The summed E-state index contributed by atoms with van der Waals surface area (Å²) in [5.74, 6) is 0.496. The van der Waals surface area contributed by atoms with Gasteiger partial charge in [-0.3, -0.25) is 14.4 Å². The molecule has 1 N–H and O–H groups in total. The van der Waals surface area contributed by atoms with Crippen LogP contribution in [0.1, 0.15) is 23.0 Å². The number of hydrogen-bond donors (Lipinski definition) is 1. The van der Waals surface area contributed by atoms with E-state index in [1.165, 1.54) is 23.1 Å². The van der Waals surface area contributed by atoms with E-state index in [2.05, 4.69) is 5.32 Å². The second-order valence-electron chi connectivity index (χ2n) is 4.04. The lowest BCUT2D eigenvalue weighted by Gasteiger charge is -2.14. The van der Waals surface area contributed by atoms with Crippen LogP contribution in [0.15, 0.2) is 17.5 Å². The molecule has 1 aliphatic rings. The van der Waals surface area contributed by atoms with Crippen molar-refractivity contribution in [3.8, 4) is 0 Å². The molecular formula is C12H13NO3S3. The Morgan fingerprint density at radius 1 is 1.53 bits per heavy atom. The van der Waals surface area contributed by atoms with E-state index in [1.807, 2.05) is 5.38 Å². The lowest BCUT2D eigenvalue weighted by molar-refractivity contribution is -0.123. The van der Waals surface area contributed by atoms with Crippen LogP contribution >= 0.6 is 34.9 Å². The zero-order valence-corrected chi connectivity index (χ0v) is 12.7. The molecule has 0 aliphatic carbocycles. The fraction of sp³-hybridized carbons (Fsp3) is 0.417. The molecule has 1 aromatic heterocycles. The molecule has 1 aromatic rings. The van der Waals surface area contributed by atoms with Crippen LogP contribution in [0.3, 0.4) is 0 Å². The molecule has 0 spiro atoms. The minimum absolute atomic E-state index is 0.00938. The van der Waals surface area contributed by atoms with Crippen LogP contribution in [0.5, 0.6) is 0 Å². The quantitative estimate of drug-likeness (QED) is 0.922. The zero-order chi connectivity index (χ0) is 13.8. The highest BCUT2D eigenvalue weighted by Crippen LogP contribution is 2.23. The van der Waals surface area contributed by atoms with E-state index in [-0.39, 0.29) is 16.1 Å². The van der Waals surface area contributed by atoms with E-state index in [9.17, 15) is 14.4 Å². The molecule has 1 aliphatic heterocycles. The molecule has 19 heavy (non-hydrogen) atoms. The van der Waals surface area contributed by atoms with Crippen LogP contribution in [-0.4, -0.2) is 33.2 Å². The number of thiophene rings is 1. The Kier molecular flexibility index (Phi) is 5.06. The Balaban J connectivity index is 1.85. The summed E-state index contributed by atoms with van der Waals surface area (Å²) >= 11 is 3.60. The van der Waals surface area contributed by atoms with Crippen molar-refractivity contribution in [3.63, 3.8) is 0 Å². The number of hydrogen-bond acceptors (Lipinski definition) is 6. The Morgan fingerprint density at radius 2 is 2.32 bits per heavy atom. The van der Waals surface area contributed by atoms with E-state index in [4.69, 9.17) is 0 Å². The van der Waals surface area contributed by atoms with Crippen LogP contribution in [0.25, 0.3) is 0 Å². The Bertz CT molecular complexity index is 486. The van der Waals surface area contributed by atoms with Crippen molar-refractivity contribution >= 4 is 51.0 Å². The first-order chi connectivity index (χ1) is 9.08. The predicted molar refractivity (Wildman–Crippen MR) is 79.7 cm³/mol. The van der Waals surface area contributed by atoms with Crippen LogP contribution in [0.2, 0.25) is 0 Å². The molecule has 0 radical (unpaired) electrons. The van der Waals surface area contributed by atoms with Gasteiger partial charge in [0.05, 0.1) is 16.2 Å². The molecule has 7 heteroatoms. The molecule has 4 nitrogen and oxygen atoms in total. The minimum atomic E-state index is -0.493. The van der Waals surface area contributed by atoms with Gasteiger partial charge in [0.1, 0.15) is 0 Å². The van der Waals surface area contributed by atoms with E-state index in [0.717, 1.165) is 17.5 Å². The summed E-state index contributed by atoms with van der Waals surface area (Å²) in [4.78, 5) is 35.8. The number of carbonyl (C=O) groups excluding carboxylic acids is 3. The minimum Gasteiger partial charge on any atom is -0.344 e. The third-order valence-corrected chi connectivity index (χ3v) is 5.64. The van der Waals surface area contributed by atoms with Crippen LogP contribution < -0.4 is 5.32 Å². The molecule has 2 atom stereocenters. The molecule has 0 unspecified atom stereocenters. The van der Waals surface area contributed by atoms with Crippen LogP contribution in [0.4, 0.5) is 0 Å². The first-order valence-electron chi connectivity index (χ1n) is 5.79. The van der Waals surface area contributed by atoms with Gasteiger partial charge in [-0.2, -0.15) is 0 Å². The van der Waals surface area contributed by atoms with Gasteiger partial charge in [0.25, 0.3) is 0 Å². The maximum atomic E-state index is 11.9. The monoisotopic (exact) mass is 315 g/mol. The third kappa shape index (κ3) is 3.84. The molecule has 0 saturated carbocycles. The number of amides is 1. The first kappa shape index (κ1) is 14.6. The van der Waals surface area contributed by atoms with Gasteiger partial charge >= 0.3 is 0 Å². The Labute approximate surface area is 123 Å². The average molecular weight is 315 g/mol. The van der Waals surface area contributed by atoms with Crippen molar-refractivity contribution in [1.82, 2.24) is 5.32 Å². The second-order valence-corrected chi connectivity index (χ2v) is 7.40. The van der Waals surface area contributed by atoms with Gasteiger partial charge in [-0.15, -0.1) is 11.3 Å². The molecule has 2 rings (SSSR count). The summed E-state index contributed by atoms with van der Waals surface area (Å²) in [5, 5.41) is 3.94. The highest BCUT2D eigenvalue weighted by atomic mass is 32.2. The zero-order valence-electron chi connectivity index (χ0n) is 10.3. The van der Waals surface area contributed by atoms with Crippen molar-refractivity contribution in [2.75, 3.05) is 5.75 Å². The number of rotatable bonds is 4. The van der Waals surface area contributed by atoms with Gasteiger partial charge in [-0.05, 0) is 24.8 Å². The second kappa shape index (κ2) is 6.58. The standard InChI is InChI=1S/C12H13NO3S3/c1-7(19-12(16)9-3-2-5-17-9)10(14)13-8-4-6-18-11(8)15/h2-3,5,7-8H,4,6H2,1H3,(H,13,14)/t7-,8+/m0/s1. The summed E-state index contributed by atoms with van der Waals surface area (Å²) in [6.07, 6.45) is 0.672. The fourth-order valence-electron chi connectivity index (χ4n) is 1.58. The smallest absolute Gasteiger partial charge is 0.233 e. The van der Waals surface area contributed by atoms with Crippen LogP contribution in [-0.2, 0) is 9.59 Å². The molecule has 0 aromatic carbocycles. The van der Waals surface area contributed by atoms with Crippen molar-refractivity contribution in [3.05, 3.63) is 22.4 Å². The molecule has 0 bridgehead atoms. The lowest BCUT2D eigenvalue weighted by atomic mass is 10.2.